The van der Waals surface area contributed by atoms with Crippen molar-refractivity contribution in [3.63, 3.8) is 0 Å². The van der Waals surface area contributed by atoms with Crippen LogP contribution >= 0.6 is 0 Å². The van der Waals surface area contributed by atoms with Crippen LogP contribution in [-0.2, 0) is 4.79 Å². The minimum Gasteiger partial charge on any atom is -0.480 e. The van der Waals surface area contributed by atoms with Gasteiger partial charge in [-0.1, -0.05) is 48.4 Å². The van der Waals surface area contributed by atoms with Crippen molar-refractivity contribution >= 4 is 40.1 Å². The molecule has 1 fully saturated rings. The minimum absolute atomic E-state index is 0.161. The van der Waals surface area contributed by atoms with Gasteiger partial charge in [-0.2, -0.15) is 0 Å². The van der Waals surface area contributed by atoms with Gasteiger partial charge >= 0.3 is 12.0 Å². The Morgan fingerprint density at radius 3 is 2.19 bits per heavy atom. The third kappa shape index (κ3) is 6.09. The number of carbonyl (C=O) groups excluding carboxylic acids is 2. The minimum atomic E-state index is -1.15. The topological polar surface area (TPSA) is 128 Å². The summed E-state index contributed by atoms with van der Waals surface area (Å²) in [6.45, 7) is 5.82. The molecule has 0 aromatic heterocycles. The fourth-order valence-corrected chi connectivity index (χ4v) is 5.28. The first-order valence-electron chi connectivity index (χ1n) is 12.5. The van der Waals surface area contributed by atoms with Crippen molar-refractivity contribution in [2.45, 2.75) is 58.6 Å². The summed E-state index contributed by atoms with van der Waals surface area (Å²) in [7, 11) is 0. The number of carboxylic acid groups (broad SMARTS) is 1. The standard InChI is InChI=1S/C29H33N3O5/c1-16-11-17(2)25(18(3)12-16)32-29(37)30-24-15-20-8-5-4-7-19(20)14-23(24)27(34)31-26(28(35)36)21-9-6-10-22(33)13-21/h4-5,7-8,11-12,14-15,21-22,26,33H,6,9-10,13H2,1-3H3,(H,31,34)(H,35,36)(H2,30,32,37)/t21-,22?,26-/m0/s1. The van der Waals surface area contributed by atoms with Crippen molar-refractivity contribution in [3.8, 4) is 0 Å². The Bertz CT molecular complexity index is 1330. The van der Waals surface area contributed by atoms with Gasteiger partial charge in [-0.15, -0.1) is 0 Å². The highest BCUT2D eigenvalue weighted by Crippen LogP contribution is 2.29. The largest absolute Gasteiger partial charge is 0.480 e. The van der Waals surface area contributed by atoms with Crippen LogP contribution in [0.15, 0.2) is 48.5 Å². The second-order valence-electron chi connectivity index (χ2n) is 9.97. The molecule has 8 nitrogen and oxygen atoms in total. The third-order valence-corrected chi connectivity index (χ3v) is 7.01. The van der Waals surface area contributed by atoms with E-state index in [0.717, 1.165) is 27.5 Å². The van der Waals surface area contributed by atoms with Crippen molar-refractivity contribution in [1.29, 1.82) is 0 Å². The number of nitrogens with one attached hydrogen (secondary N) is 3. The zero-order valence-corrected chi connectivity index (χ0v) is 21.3. The lowest BCUT2D eigenvalue weighted by molar-refractivity contribution is -0.141. The van der Waals surface area contributed by atoms with Gasteiger partial charge in [0, 0.05) is 5.69 Å². The van der Waals surface area contributed by atoms with Crippen LogP contribution in [0.1, 0.15) is 52.7 Å². The van der Waals surface area contributed by atoms with Crippen LogP contribution < -0.4 is 16.0 Å². The number of aliphatic hydroxyl groups is 1. The highest BCUT2D eigenvalue weighted by atomic mass is 16.4. The van der Waals surface area contributed by atoms with Gasteiger partial charge in [0.1, 0.15) is 6.04 Å². The van der Waals surface area contributed by atoms with Gasteiger partial charge in [0.05, 0.1) is 17.4 Å². The van der Waals surface area contributed by atoms with E-state index < -0.39 is 30.1 Å². The molecule has 37 heavy (non-hydrogen) atoms. The molecule has 0 spiro atoms. The van der Waals surface area contributed by atoms with Crippen LogP contribution in [0.3, 0.4) is 0 Å². The monoisotopic (exact) mass is 503 g/mol. The maximum Gasteiger partial charge on any atom is 0.326 e. The average Bonchev–Trinajstić information content (AvgIpc) is 2.84. The summed E-state index contributed by atoms with van der Waals surface area (Å²) in [6, 6.07) is 13.1. The first kappa shape index (κ1) is 26.2. The number of fused-ring (bicyclic) bond motifs is 1. The number of aliphatic hydroxyl groups excluding tert-OH is 1. The molecule has 4 rings (SSSR count). The average molecular weight is 504 g/mol. The van der Waals surface area contributed by atoms with Gasteiger partial charge in [0.15, 0.2) is 0 Å². The molecule has 0 heterocycles. The van der Waals surface area contributed by atoms with E-state index in [2.05, 4.69) is 16.0 Å². The Kier molecular flexibility index (Phi) is 7.78. The smallest absolute Gasteiger partial charge is 0.326 e. The van der Waals surface area contributed by atoms with Crippen molar-refractivity contribution in [2.75, 3.05) is 10.6 Å². The number of urea groups is 1. The maximum absolute atomic E-state index is 13.4. The first-order valence-corrected chi connectivity index (χ1v) is 12.5. The van der Waals surface area contributed by atoms with Crippen LogP contribution in [0, 0.1) is 26.7 Å². The molecular weight excluding hydrogens is 470 g/mol. The SMILES string of the molecule is Cc1cc(C)c(NC(=O)Nc2cc3ccccc3cc2C(=O)N[C@H](C(=O)O)[C@H]2CCCC(O)C2)c(C)c1. The zero-order chi connectivity index (χ0) is 26.7. The van der Waals surface area contributed by atoms with E-state index in [0.29, 0.717) is 31.4 Å². The number of anilines is 2. The van der Waals surface area contributed by atoms with E-state index in [-0.39, 0.29) is 17.2 Å². The second kappa shape index (κ2) is 11.0. The number of hydrogen-bond acceptors (Lipinski definition) is 4. The lowest BCUT2D eigenvalue weighted by Gasteiger charge is -2.31. The normalized spacial score (nSPS) is 18.2. The highest BCUT2D eigenvalue weighted by molar-refractivity contribution is 6.10. The van der Waals surface area contributed by atoms with E-state index in [9.17, 15) is 24.6 Å². The van der Waals surface area contributed by atoms with E-state index in [1.807, 2.05) is 57.2 Å². The number of carboxylic acids is 1. The molecule has 194 valence electrons. The molecule has 1 aliphatic carbocycles. The van der Waals surface area contributed by atoms with Crippen LogP contribution in [0.4, 0.5) is 16.2 Å². The Morgan fingerprint density at radius 2 is 1.57 bits per heavy atom. The number of benzene rings is 3. The number of carbonyl (C=O) groups is 3. The van der Waals surface area contributed by atoms with Crippen LogP contribution in [0.2, 0.25) is 0 Å². The van der Waals surface area contributed by atoms with Gasteiger partial charge < -0.3 is 26.2 Å². The summed E-state index contributed by atoms with van der Waals surface area (Å²) in [5.74, 6) is -2.13. The molecule has 3 aromatic rings. The van der Waals surface area contributed by atoms with Gasteiger partial charge in [-0.3, -0.25) is 4.79 Å². The quantitative estimate of drug-likeness (QED) is 0.318. The van der Waals surface area contributed by atoms with Crippen molar-refractivity contribution in [1.82, 2.24) is 5.32 Å². The Labute approximate surface area is 216 Å². The first-order chi connectivity index (χ1) is 17.6. The molecule has 5 N–H and O–H groups in total. The summed E-state index contributed by atoms with van der Waals surface area (Å²) in [5.41, 5.74) is 4.05. The molecule has 8 heteroatoms. The molecule has 0 aliphatic heterocycles. The molecule has 0 bridgehead atoms. The van der Waals surface area contributed by atoms with Crippen molar-refractivity contribution in [3.05, 3.63) is 70.8 Å². The van der Waals surface area contributed by atoms with Crippen LogP contribution in [0.5, 0.6) is 0 Å². The number of rotatable bonds is 6. The van der Waals surface area contributed by atoms with E-state index in [1.165, 1.54) is 0 Å². The molecule has 1 aliphatic rings. The van der Waals surface area contributed by atoms with Gasteiger partial charge in [0.2, 0.25) is 0 Å². The van der Waals surface area contributed by atoms with Gasteiger partial charge in [0.25, 0.3) is 5.91 Å². The van der Waals surface area contributed by atoms with E-state index in [4.69, 9.17) is 0 Å². The number of aryl methyl sites for hydroxylation is 3. The van der Waals surface area contributed by atoms with Crippen molar-refractivity contribution < 1.29 is 24.6 Å². The Balaban J connectivity index is 1.63. The summed E-state index contributed by atoms with van der Waals surface area (Å²) in [6.07, 6.45) is 1.68. The summed E-state index contributed by atoms with van der Waals surface area (Å²) in [5, 5.41) is 29.8. The molecule has 0 saturated heterocycles. The number of hydrogen-bond donors (Lipinski definition) is 5. The number of amides is 3. The van der Waals surface area contributed by atoms with Gasteiger partial charge in [-0.05, 0) is 80.0 Å². The fourth-order valence-electron chi connectivity index (χ4n) is 5.28. The molecule has 0 radical (unpaired) electrons. The molecular formula is C29H33N3O5. The molecule has 3 amide bonds. The second-order valence-corrected chi connectivity index (χ2v) is 9.97. The lowest BCUT2D eigenvalue weighted by atomic mass is 9.82. The van der Waals surface area contributed by atoms with Gasteiger partial charge in [-0.25, -0.2) is 9.59 Å². The third-order valence-electron chi connectivity index (χ3n) is 7.01. The van der Waals surface area contributed by atoms with Crippen molar-refractivity contribution in [2.24, 2.45) is 5.92 Å². The van der Waals surface area contributed by atoms with E-state index >= 15 is 0 Å². The number of aliphatic carboxylic acids is 1. The van der Waals surface area contributed by atoms with Crippen LogP contribution in [-0.4, -0.2) is 40.3 Å². The molecule has 1 saturated carbocycles. The Morgan fingerprint density at radius 1 is 0.919 bits per heavy atom. The van der Waals surface area contributed by atoms with Crippen LogP contribution in [0.25, 0.3) is 10.8 Å². The summed E-state index contributed by atoms with van der Waals surface area (Å²) >= 11 is 0. The molecule has 3 atom stereocenters. The predicted octanol–water partition coefficient (Wildman–Crippen LogP) is 5.14. The fraction of sp³-hybridized carbons (Fsp3) is 0.345. The Hall–Kier alpha value is -3.91. The molecule has 3 aromatic carbocycles. The van der Waals surface area contributed by atoms with E-state index in [1.54, 1.807) is 12.1 Å². The lowest BCUT2D eigenvalue weighted by Crippen LogP contribution is -2.48. The maximum atomic E-state index is 13.4. The zero-order valence-electron chi connectivity index (χ0n) is 21.3. The summed E-state index contributed by atoms with van der Waals surface area (Å²) < 4.78 is 0. The summed E-state index contributed by atoms with van der Waals surface area (Å²) in [4.78, 5) is 38.5. The molecule has 1 unspecified atom stereocenters. The predicted molar refractivity (Wildman–Crippen MR) is 144 cm³/mol. The highest BCUT2D eigenvalue weighted by Gasteiger charge is 2.34.